The second-order valence-electron chi connectivity index (χ2n) is 14.9. The number of carbonyl (C=O) groups excluding carboxylic acids is 3. The Bertz CT molecular complexity index is 1350. The standard InChI is InChI=1S/C36H47N3O5/c1-34(2,3)30(37-33(42)38-35-18-23-15-24(19-35)17-25(16-23)20-35)31(40)39-22-36(44-5,21-29(39)32(41)43-4)28-13-11-27(12-14-28)26-9-7-6-8-10-26/h6-14,23-25,29-30H,15-22H2,1-5H3,(H2,37,38,42)/t23?,24?,25?,29?,30-,35?,36?/m1/s1. The van der Waals surface area contributed by atoms with E-state index in [-0.39, 0.29) is 30.4 Å². The van der Waals surface area contributed by atoms with Crippen molar-refractivity contribution in [2.24, 2.45) is 23.2 Å². The molecule has 0 aromatic heterocycles. The molecular formula is C36H47N3O5. The molecule has 7 rings (SSSR count). The number of esters is 1. The molecule has 2 N–H and O–H groups in total. The van der Waals surface area contributed by atoms with Crippen LogP contribution in [-0.4, -0.2) is 61.2 Å². The quantitative estimate of drug-likeness (QED) is 0.400. The van der Waals surface area contributed by atoms with Crippen LogP contribution in [0.1, 0.15) is 71.3 Å². The van der Waals surface area contributed by atoms with Gasteiger partial charge in [0.2, 0.25) is 5.91 Å². The van der Waals surface area contributed by atoms with E-state index < -0.39 is 29.1 Å². The number of methoxy groups -OCH3 is 2. The molecule has 236 valence electrons. The SMILES string of the molecule is COC(=O)C1CC(OC)(c2ccc(-c3ccccc3)cc2)CN1C(=O)[C@@H](NC(=O)NC12CC3CC(CC(C3)C1)C2)C(C)(C)C. The first-order valence-electron chi connectivity index (χ1n) is 16.1. The molecule has 2 aromatic carbocycles. The van der Waals surface area contributed by atoms with Gasteiger partial charge in [-0.05, 0) is 78.4 Å². The van der Waals surface area contributed by atoms with E-state index in [1.807, 2.05) is 63.2 Å². The normalized spacial score (nSPS) is 31.4. The summed E-state index contributed by atoms with van der Waals surface area (Å²) < 4.78 is 11.3. The van der Waals surface area contributed by atoms with E-state index in [4.69, 9.17) is 9.47 Å². The molecule has 8 heteroatoms. The Kier molecular flexibility index (Phi) is 8.02. The summed E-state index contributed by atoms with van der Waals surface area (Å²) in [6.07, 6.45) is 7.18. The Labute approximate surface area is 261 Å². The fourth-order valence-corrected chi connectivity index (χ4v) is 9.01. The summed E-state index contributed by atoms with van der Waals surface area (Å²) in [5, 5.41) is 6.42. The Morgan fingerprint density at radius 1 is 0.841 bits per heavy atom. The van der Waals surface area contributed by atoms with Gasteiger partial charge < -0.3 is 25.0 Å². The van der Waals surface area contributed by atoms with Crippen LogP contribution in [0.15, 0.2) is 54.6 Å². The number of benzene rings is 2. The number of likely N-dealkylation sites (tertiary alicyclic amines) is 1. The zero-order chi connectivity index (χ0) is 31.3. The van der Waals surface area contributed by atoms with Gasteiger partial charge in [-0.15, -0.1) is 0 Å². The van der Waals surface area contributed by atoms with Gasteiger partial charge in [0.15, 0.2) is 0 Å². The van der Waals surface area contributed by atoms with E-state index in [0.29, 0.717) is 17.8 Å². The summed E-state index contributed by atoms with van der Waals surface area (Å²) in [6, 6.07) is 16.2. The molecule has 4 aliphatic carbocycles. The zero-order valence-electron chi connectivity index (χ0n) is 26.7. The smallest absolute Gasteiger partial charge is 0.328 e. The van der Waals surface area contributed by atoms with Gasteiger partial charge in [0, 0.05) is 19.1 Å². The number of ether oxygens (including phenoxy) is 2. The summed E-state index contributed by atoms with van der Waals surface area (Å²) >= 11 is 0. The highest BCUT2D eigenvalue weighted by atomic mass is 16.5. The summed E-state index contributed by atoms with van der Waals surface area (Å²) in [5.74, 6) is 1.26. The number of carbonyl (C=O) groups is 3. The monoisotopic (exact) mass is 601 g/mol. The molecule has 1 saturated heterocycles. The molecule has 8 nitrogen and oxygen atoms in total. The van der Waals surface area contributed by atoms with Gasteiger partial charge in [0.05, 0.1) is 13.7 Å². The fourth-order valence-electron chi connectivity index (χ4n) is 9.01. The van der Waals surface area contributed by atoms with E-state index in [2.05, 4.69) is 22.8 Å². The van der Waals surface area contributed by atoms with Crippen LogP contribution in [0.3, 0.4) is 0 Å². The summed E-state index contributed by atoms with van der Waals surface area (Å²) in [5.41, 5.74) is 1.36. The van der Waals surface area contributed by atoms with Crippen LogP contribution in [0.5, 0.6) is 0 Å². The first kappa shape index (κ1) is 30.6. The van der Waals surface area contributed by atoms with Crippen LogP contribution < -0.4 is 10.6 Å². The highest BCUT2D eigenvalue weighted by Gasteiger charge is 2.54. The van der Waals surface area contributed by atoms with Gasteiger partial charge in [0.25, 0.3) is 0 Å². The largest absolute Gasteiger partial charge is 0.467 e. The van der Waals surface area contributed by atoms with Gasteiger partial charge >= 0.3 is 12.0 Å². The van der Waals surface area contributed by atoms with Crippen molar-refractivity contribution >= 4 is 17.9 Å². The molecule has 5 fully saturated rings. The van der Waals surface area contributed by atoms with Crippen molar-refractivity contribution in [3.05, 3.63) is 60.2 Å². The third-order valence-corrected chi connectivity index (χ3v) is 10.8. The van der Waals surface area contributed by atoms with Crippen molar-refractivity contribution in [2.45, 2.75) is 88.9 Å². The number of amides is 3. The van der Waals surface area contributed by atoms with E-state index >= 15 is 0 Å². The molecule has 0 radical (unpaired) electrons. The predicted octanol–water partition coefficient (Wildman–Crippen LogP) is 5.65. The van der Waals surface area contributed by atoms with Crippen LogP contribution in [0.4, 0.5) is 4.79 Å². The average Bonchev–Trinajstić information content (AvgIpc) is 3.40. The molecule has 4 saturated carbocycles. The van der Waals surface area contributed by atoms with Gasteiger partial charge in [-0.3, -0.25) is 4.79 Å². The molecule has 3 atom stereocenters. The van der Waals surface area contributed by atoms with E-state index in [0.717, 1.165) is 36.0 Å². The number of nitrogens with zero attached hydrogens (tertiary/aromatic N) is 1. The minimum atomic E-state index is -0.909. The van der Waals surface area contributed by atoms with Crippen molar-refractivity contribution in [2.75, 3.05) is 20.8 Å². The minimum Gasteiger partial charge on any atom is -0.467 e. The van der Waals surface area contributed by atoms with Crippen LogP contribution in [0.25, 0.3) is 11.1 Å². The second-order valence-corrected chi connectivity index (χ2v) is 14.9. The number of hydrogen-bond donors (Lipinski definition) is 2. The summed E-state index contributed by atoms with van der Waals surface area (Å²) in [6.45, 7) is 5.98. The number of nitrogens with one attached hydrogen (secondary N) is 2. The lowest BCUT2D eigenvalue weighted by atomic mass is 9.53. The second kappa shape index (κ2) is 11.5. The Morgan fingerprint density at radius 3 is 1.93 bits per heavy atom. The highest BCUT2D eigenvalue weighted by molar-refractivity contribution is 5.92. The number of hydrogen-bond acceptors (Lipinski definition) is 5. The van der Waals surface area contributed by atoms with Crippen LogP contribution in [-0.2, 0) is 24.7 Å². The highest BCUT2D eigenvalue weighted by Crippen LogP contribution is 2.55. The van der Waals surface area contributed by atoms with Gasteiger partial charge in [-0.2, -0.15) is 0 Å². The van der Waals surface area contributed by atoms with Gasteiger partial charge in [0.1, 0.15) is 17.7 Å². The van der Waals surface area contributed by atoms with E-state index in [9.17, 15) is 14.4 Å². The maximum atomic E-state index is 14.4. The first-order valence-corrected chi connectivity index (χ1v) is 16.1. The molecule has 0 spiro atoms. The third kappa shape index (κ3) is 5.73. The predicted molar refractivity (Wildman–Crippen MR) is 169 cm³/mol. The Morgan fingerprint density at radius 2 is 1.41 bits per heavy atom. The van der Waals surface area contributed by atoms with E-state index in [1.165, 1.54) is 26.4 Å². The molecule has 3 amide bonds. The lowest BCUT2D eigenvalue weighted by Gasteiger charge is -2.56. The van der Waals surface area contributed by atoms with Gasteiger partial charge in [-0.1, -0.05) is 75.4 Å². The van der Waals surface area contributed by atoms with Crippen LogP contribution in [0.2, 0.25) is 0 Å². The summed E-state index contributed by atoms with van der Waals surface area (Å²) in [4.78, 5) is 42.7. The average molecular weight is 602 g/mol. The molecule has 2 unspecified atom stereocenters. The van der Waals surface area contributed by atoms with E-state index in [1.54, 1.807) is 12.0 Å². The van der Waals surface area contributed by atoms with Crippen LogP contribution >= 0.6 is 0 Å². The Hall–Kier alpha value is -3.39. The topological polar surface area (TPSA) is 97.0 Å². The van der Waals surface area contributed by atoms with Gasteiger partial charge in [-0.25, -0.2) is 9.59 Å². The molecule has 1 aliphatic heterocycles. The van der Waals surface area contributed by atoms with Crippen molar-refractivity contribution < 1.29 is 23.9 Å². The third-order valence-electron chi connectivity index (χ3n) is 10.8. The lowest BCUT2D eigenvalue weighted by molar-refractivity contribution is -0.152. The fraction of sp³-hybridized carbons (Fsp3) is 0.583. The molecule has 44 heavy (non-hydrogen) atoms. The van der Waals surface area contributed by atoms with Crippen molar-refractivity contribution in [1.82, 2.24) is 15.5 Å². The number of rotatable bonds is 7. The maximum absolute atomic E-state index is 14.4. The lowest BCUT2D eigenvalue weighted by Crippen LogP contribution is -2.64. The first-order chi connectivity index (χ1) is 20.9. The molecule has 4 bridgehead atoms. The molecule has 2 aromatic rings. The zero-order valence-corrected chi connectivity index (χ0v) is 26.7. The molecule has 5 aliphatic rings. The molecule has 1 heterocycles. The van der Waals surface area contributed by atoms with Crippen LogP contribution in [0, 0.1) is 23.2 Å². The molecular weight excluding hydrogens is 554 g/mol. The maximum Gasteiger partial charge on any atom is 0.328 e. The van der Waals surface area contributed by atoms with Crippen molar-refractivity contribution in [3.63, 3.8) is 0 Å². The van der Waals surface area contributed by atoms with Crippen molar-refractivity contribution in [1.29, 1.82) is 0 Å². The number of urea groups is 1. The van der Waals surface area contributed by atoms with Crippen molar-refractivity contribution in [3.8, 4) is 11.1 Å². The minimum absolute atomic E-state index is 0.164. The summed E-state index contributed by atoms with van der Waals surface area (Å²) in [7, 11) is 2.96. The Balaban J connectivity index is 1.23.